The number of fused-ring (bicyclic) bond motifs is 1. The first kappa shape index (κ1) is 18.6. The van der Waals surface area contributed by atoms with Gasteiger partial charge in [-0.3, -0.25) is 20.4 Å². The summed E-state index contributed by atoms with van der Waals surface area (Å²) in [7, 11) is 3.00. The molecule has 2 aromatic carbocycles. The number of halogens is 1. The van der Waals surface area contributed by atoms with Gasteiger partial charge in [0.05, 0.1) is 32.5 Å². The number of carbonyl (C=O) groups excluding carboxylic acids is 2. The maximum absolute atomic E-state index is 12.2. The van der Waals surface area contributed by atoms with Crippen molar-refractivity contribution in [2.24, 2.45) is 0 Å². The number of ether oxygens (including phenoxy) is 2. The summed E-state index contributed by atoms with van der Waals surface area (Å²) in [5.74, 6) is 0.0644. The number of hydrogen-bond donors (Lipinski definition) is 2. The normalized spacial score (nSPS) is 10.5. The van der Waals surface area contributed by atoms with Gasteiger partial charge in [-0.25, -0.2) is 0 Å². The average Bonchev–Trinajstić information content (AvgIpc) is 3.07. The fraction of sp³-hybridized carbons (Fsp3) is 0.158. The van der Waals surface area contributed by atoms with Crippen molar-refractivity contribution in [2.75, 3.05) is 14.2 Å². The molecule has 1 heterocycles. The van der Waals surface area contributed by atoms with E-state index in [1.54, 1.807) is 25.3 Å². The van der Waals surface area contributed by atoms with E-state index in [1.165, 1.54) is 25.5 Å². The highest BCUT2D eigenvalue weighted by atomic mass is 35.5. The molecule has 0 aliphatic carbocycles. The van der Waals surface area contributed by atoms with E-state index in [2.05, 4.69) is 10.9 Å². The Bertz CT molecular complexity index is 999. The Morgan fingerprint density at radius 1 is 1.07 bits per heavy atom. The van der Waals surface area contributed by atoms with E-state index in [1.807, 2.05) is 6.07 Å². The van der Waals surface area contributed by atoms with Gasteiger partial charge in [0.15, 0.2) is 0 Å². The highest BCUT2D eigenvalue weighted by Gasteiger charge is 2.15. The van der Waals surface area contributed by atoms with Crippen LogP contribution in [0.25, 0.3) is 11.0 Å². The maximum Gasteiger partial charge on any atom is 0.273 e. The molecule has 7 nitrogen and oxygen atoms in total. The molecule has 2 N–H and O–H groups in total. The van der Waals surface area contributed by atoms with Gasteiger partial charge >= 0.3 is 0 Å². The Labute approximate surface area is 160 Å². The zero-order valence-corrected chi connectivity index (χ0v) is 15.4. The Hall–Kier alpha value is -3.19. The predicted octanol–water partition coefficient (Wildman–Crippen LogP) is 3.11. The summed E-state index contributed by atoms with van der Waals surface area (Å²) in [6.07, 6.45) is 1.55. The van der Waals surface area contributed by atoms with E-state index < -0.39 is 11.8 Å². The lowest BCUT2D eigenvalue weighted by Crippen LogP contribution is -2.42. The van der Waals surface area contributed by atoms with E-state index in [-0.39, 0.29) is 12.0 Å². The van der Waals surface area contributed by atoms with Gasteiger partial charge in [-0.2, -0.15) is 0 Å². The Morgan fingerprint density at radius 3 is 2.63 bits per heavy atom. The molecule has 27 heavy (non-hydrogen) atoms. The lowest BCUT2D eigenvalue weighted by Gasteiger charge is -2.10. The third-order valence-corrected chi connectivity index (χ3v) is 4.17. The third kappa shape index (κ3) is 4.15. The van der Waals surface area contributed by atoms with Crippen molar-refractivity contribution >= 4 is 34.4 Å². The van der Waals surface area contributed by atoms with E-state index in [0.29, 0.717) is 27.7 Å². The Balaban J connectivity index is 1.64. The third-order valence-electron chi connectivity index (χ3n) is 3.94. The van der Waals surface area contributed by atoms with E-state index in [0.717, 1.165) is 5.39 Å². The molecule has 0 saturated heterocycles. The molecule has 0 spiro atoms. The van der Waals surface area contributed by atoms with Gasteiger partial charge in [0.2, 0.25) is 5.91 Å². The lowest BCUT2D eigenvalue weighted by atomic mass is 10.1. The number of rotatable bonds is 5. The second kappa shape index (κ2) is 8.01. The molecule has 140 valence electrons. The Morgan fingerprint density at radius 2 is 1.89 bits per heavy atom. The predicted molar refractivity (Wildman–Crippen MR) is 100 cm³/mol. The molecule has 0 saturated carbocycles. The summed E-state index contributed by atoms with van der Waals surface area (Å²) in [5, 5.41) is 1.24. The van der Waals surface area contributed by atoms with Crippen LogP contribution in [0.5, 0.6) is 11.5 Å². The Kier molecular flexibility index (Phi) is 5.52. The summed E-state index contributed by atoms with van der Waals surface area (Å²) < 4.78 is 15.7. The molecule has 8 heteroatoms. The van der Waals surface area contributed by atoms with E-state index in [4.69, 9.17) is 25.5 Å². The summed E-state index contributed by atoms with van der Waals surface area (Å²) in [5.41, 5.74) is 6.31. The molecular formula is C19H17ClN2O5. The molecule has 1 aromatic heterocycles. The minimum atomic E-state index is -0.515. The molecule has 0 unspecified atom stereocenters. The van der Waals surface area contributed by atoms with E-state index >= 15 is 0 Å². The molecule has 3 rings (SSSR count). The topological polar surface area (TPSA) is 89.8 Å². The van der Waals surface area contributed by atoms with Crippen LogP contribution in [0.3, 0.4) is 0 Å². The molecule has 0 aliphatic heterocycles. The fourth-order valence-corrected chi connectivity index (χ4v) is 2.75. The first-order chi connectivity index (χ1) is 13.0. The minimum absolute atomic E-state index is 0.0390. The second-order valence-electron chi connectivity index (χ2n) is 5.65. The molecule has 3 aromatic rings. The van der Waals surface area contributed by atoms with Crippen LogP contribution in [0.4, 0.5) is 0 Å². The van der Waals surface area contributed by atoms with Crippen LogP contribution >= 0.6 is 11.6 Å². The van der Waals surface area contributed by atoms with Crippen molar-refractivity contribution < 1.29 is 23.5 Å². The average molecular weight is 389 g/mol. The number of carbonyl (C=O) groups is 2. The smallest absolute Gasteiger partial charge is 0.273 e. The van der Waals surface area contributed by atoms with Crippen molar-refractivity contribution in [3.63, 3.8) is 0 Å². The molecular weight excluding hydrogens is 372 g/mol. The zero-order valence-electron chi connectivity index (χ0n) is 14.7. The number of hydrazine groups is 1. The summed E-state index contributed by atoms with van der Waals surface area (Å²) in [6, 6.07) is 9.94. The molecule has 0 bridgehead atoms. The summed E-state index contributed by atoms with van der Waals surface area (Å²) in [6.45, 7) is 0. The summed E-state index contributed by atoms with van der Waals surface area (Å²) in [4.78, 5) is 24.4. The SMILES string of the molecule is COc1ccc2c(CC(=O)NNC(=O)c3ccc(Cl)cc3OC)coc2c1. The molecule has 2 amide bonds. The highest BCUT2D eigenvalue weighted by molar-refractivity contribution is 6.30. The van der Waals surface area contributed by atoms with Crippen molar-refractivity contribution in [2.45, 2.75) is 6.42 Å². The molecule has 0 fully saturated rings. The van der Waals surface area contributed by atoms with E-state index in [9.17, 15) is 9.59 Å². The molecule has 0 radical (unpaired) electrons. The molecule has 0 aliphatic rings. The van der Waals surface area contributed by atoms with Crippen LogP contribution in [0.15, 0.2) is 47.1 Å². The van der Waals surface area contributed by atoms with Crippen LogP contribution in [0.2, 0.25) is 5.02 Å². The summed E-state index contributed by atoms with van der Waals surface area (Å²) >= 11 is 5.88. The zero-order chi connectivity index (χ0) is 19.4. The number of hydrogen-bond acceptors (Lipinski definition) is 5. The van der Waals surface area contributed by atoms with Gasteiger partial charge in [0, 0.05) is 22.0 Å². The van der Waals surface area contributed by atoms with Gasteiger partial charge in [0.1, 0.15) is 17.1 Å². The number of methoxy groups -OCH3 is 2. The van der Waals surface area contributed by atoms with Gasteiger partial charge in [-0.15, -0.1) is 0 Å². The number of benzene rings is 2. The fourth-order valence-electron chi connectivity index (χ4n) is 2.59. The number of furan rings is 1. The van der Waals surface area contributed by atoms with Crippen molar-refractivity contribution in [1.29, 1.82) is 0 Å². The lowest BCUT2D eigenvalue weighted by molar-refractivity contribution is -0.121. The van der Waals surface area contributed by atoms with Crippen LogP contribution < -0.4 is 20.3 Å². The largest absolute Gasteiger partial charge is 0.497 e. The monoisotopic (exact) mass is 388 g/mol. The minimum Gasteiger partial charge on any atom is -0.497 e. The maximum atomic E-state index is 12.2. The van der Waals surface area contributed by atoms with Gasteiger partial charge in [-0.1, -0.05) is 11.6 Å². The van der Waals surface area contributed by atoms with Gasteiger partial charge in [-0.05, 0) is 30.3 Å². The number of nitrogens with one attached hydrogen (secondary N) is 2. The van der Waals surface area contributed by atoms with Crippen LogP contribution in [0, 0.1) is 0 Å². The quantitative estimate of drug-likeness (QED) is 0.655. The number of amides is 2. The van der Waals surface area contributed by atoms with Crippen molar-refractivity contribution in [3.05, 3.63) is 58.8 Å². The van der Waals surface area contributed by atoms with Crippen LogP contribution in [0.1, 0.15) is 15.9 Å². The first-order valence-electron chi connectivity index (χ1n) is 7.98. The highest BCUT2D eigenvalue weighted by Crippen LogP contribution is 2.26. The van der Waals surface area contributed by atoms with Crippen LogP contribution in [-0.4, -0.2) is 26.0 Å². The van der Waals surface area contributed by atoms with Crippen molar-refractivity contribution in [3.8, 4) is 11.5 Å². The van der Waals surface area contributed by atoms with Gasteiger partial charge < -0.3 is 13.9 Å². The second-order valence-corrected chi connectivity index (χ2v) is 6.08. The first-order valence-corrected chi connectivity index (χ1v) is 8.36. The van der Waals surface area contributed by atoms with Crippen LogP contribution in [-0.2, 0) is 11.2 Å². The van der Waals surface area contributed by atoms with Crippen molar-refractivity contribution in [1.82, 2.24) is 10.9 Å². The molecule has 0 atom stereocenters. The standard InChI is InChI=1S/C19H17ClN2O5/c1-25-13-4-6-14-11(10-27-17(14)9-13)7-18(23)21-22-19(24)15-5-3-12(20)8-16(15)26-2/h3-6,8-10H,7H2,1-2H3,(H,21,23)(H,22,24). The van der Waals surface area contributed by atoms with Gasteiger partial charge in [0.25, 0.3) is 5.91 Å².